The van der Waals surface area contributed by atoms with Gasteiger partial charge in [0.15, 0.2) is 0 Å². The first-order valence-corrected chi connectivity index (χ1v) is 38.6. The van der Waals surface area contributed by atoms with Crippen LogP contribution < -0.4 is 9.80 Å². The zero-order valence-corrected chi connectivity index (χ0v) is 61.4. The summed E-state index contributed by atoms with van der Waals surface area (Å²) in [5.74, 6) is 0. The van der Waals surface area contributed by atoms with Gasteiger partial charge in [0.2, 0.25) is 0 Å². The van der Waals surface area contributed by atoms with Crippen LogP contribution in [0.5, 0.6) is 0 Å². The van der Waals surface area contributed by atoms with Crippen molar-refractivity contribution >= 4 is 132 Å². The van der Waals surface area contributed by atoms with Crippen molar-refractivity contribution < 1.29 is 13.3 Å². The summed E-state index contributed by atoms with van der Waals surface area (Å²) in [6.45, 7) is 0. The standard InChI is InChI=1S/C108H68N2O3/c1-3-20-76-62-81(43-39-69(76)17-1)79-24-13-23-78(61-79)73-47-54-87(55-48-73)109(86-52-45-72(46-53-86)71-37-41-75(42-38-71)91-31-15-22-74-19-5-6-27-90(74)91)101-34-10-7-28-92(101)85-50-58-97-98-33-16-32-94(108(98)113-107(97)67-85)83-51-59-104-99(65-83)100-68-89(56-60-105(100)111-104)110(88-26-14-25-80(64-88)82-44-40-70-18-2-4-21-77(70)63-82)102-35-11-8-29-93(102)84-49-57-96-95-30-9-12-36-103(95)112-106(96)66-84/h1-68H. The van der Waals surface area contributed by atoms with E-state index in [-0.39, 0.29) is 0 Å². The lowest BCUT2D eigenvalue weighted by Gasteiger charge is -2.28. The Labute approximate surface area is 652 Å². The Morgan fingerprint density at radius 3 is 1.21 bits per heavy atom. The minimum Gasteiger partial charge on any atom is -0.456 e. The maximum Gasteiger partial charge on any atom is 0.143 e. The Morgan fingerprint density at radius 1 is 0.150 bits per heavy atom. The van der Waals surface area contributed by atoms with Crippen LogP contribution in [0.1, 0.15) is 0 Å². The number of fused-ring (bicyclic) bond motifs is 12. The molecule has 5 nitrogen and oxygen atoms in total. The number of anilines is 6. The molecule has 0 aliphatic rings. The first-order chi connectivity index (χ1) is 55.9. The zero-order valence-electron chi connectivity index (χ0n) is 61.4. The molecule has 0 bridgehead atoms. The second kappa shape index (κ2) is 27.0. The highest BCUT2D eigenvalue weighted by Crippen LogP contribution is 2.49. The smallest absolute Gasteiger partial charge is 0.143 e. The van der Waals surface area contributed by atoms with Crippen LogP contribution in [0, 0.1) is 0 Å². The Kier molecular flexibility index (Phi) is 15.5. The number of benzene rings is 19. The maximum absolute atomic E-state index is 7.22. The molecule has 0 unspecified atom stereocenters. The van der Waals surface area contributed by atoms with Gasteiger partial charge in [-0.05, 0) is 232 Å². The van der Waals surface area contributed by atoms with Gasteiger partial charge >= 0.3 is 0 Å². The third-order valence-electron chi connectivity index (χ3n) is 22.8. The van der Waals surface area contributed by atoms with Gasteiger partial charge in [0, 0.05) is 71.8 Å². The van der Waals surface area contributed by atoms with Crippen LogP contribution in [-0.2, 0) is 0 Å². The maximum atomic E-state index is 7.22. The van der Waals surface area contributed by atoms with E-state index in [1.54, 1.807) is 0 Å². The normalized spacial score (nSPS) is 11.7. The molecule has 3 heterocycles. The number of nitrogens with zero attached hydrogens (tertiary/aromatic N) is 2. The van der Waals surface area contributed by atoms with Crippen molar-refractivity contribution in [2.24, 2.45) is 0 Å². The van der Waals surface area contributed by atoms with Gasteiger partial charge in [0.25, 0.3) is 0 Å². The van der Waals surface area contributed by atoms with Crippen molar-refractivity contribution in [3.63, 3.8) is 0 Å². The lowest BCUT2D eigenvalue weighted by Crippen LogP contribution is -2.11. The fourth-order valence-corrected chi connectivity index (χ4v) is 17.2. The Balaban J connectivity index is 0.625. The van der Waals surface area contributed by atoms with Crippen LogP contribution >= 0.6 is 0 Å². The molecule has 0 saturated heterocycles. The molecule has 0 amide bonds. The Morgan fingerprint density at radius 2 is 0.531 bits per heavy atom. The monoisotopic (exact) mass is 1440 g/mol. The molecule has 22 aromatic rings. The molecule has 0 fully saturated rings. The fourth-order valence-electron chi connectivity index (χ4n) is 17.2. The molecule has 3 aromatic heterocycles. The summed E-state index contributed by atoms with van der Waals surface area (Å²) >= 11 is 0. The van der Waals surface area contributed by atoms with Gasteiger partial charge in [-0.25, -0.2) is 0 Å². The molecule has 528 valence electrons. The van der Waals surface area contributed by atoms with Crippen LogP contribution in [0.15, 0.2) is 426 Å². The number of furan rings is 3. The summed E-state index contributed by atoms with van der Waals surface area (Å²) in [5.41, 5.74) is 29.0. The van der Waals surface area contributed by atoms with Crippen molar-refractivity contribution in [1.29, 1.82) is 0 Å². The van der Waals surface area contributed by atoms with Gasteiger partial charge in [0.1, 0.15) is 33.5 Å². The van der Waals surface area contributed by atoms with Crippen LogP contribution in [0.2, 0.25) is 0 Å². The van der Waals surface area contributed by atoms with Crippen molar-refractivity contribution in [2.75, 3.05) is 9.80 Å². The molecule has 5 heteroatoms. The van der Waals surface area contributed by atoms with Gasteiger partial charge < -0.3 is 23.1 Å². The summed E-state index contributed by atoms with van der Waals surface area (Å²) in [7, 11) is 0. The van der Waals surface area contributed by atoms with Gasteiger partial charge in [-0.15, -0.1) is 0 Å². The van der Waals surface area contributed by atoms with E-state index in [9.17, 15) is 0 Å². The lowest BCUT2D eigenvalue weighted by atomic mass is 9.96. The third kappa shape index (κ3) is 11.6. The molecule has 113 heavy (non-hydrogen) atoms. The highest BCUT2D eigenvalue weighted by atomic mass is 16.3. The van der Waals surface area contributed by atoms with Crippen molar-refractivity contribution in [3.05, 3.63) is 413 Å². The minimum absolute atomic E-state index is 0.801. The van der Waals surface area contributed by atoms with Crippen molar-refractivity contribution in [2.45, 2.75) is 0 Å². The third-order valence-corrected chi connectivity index (χ3v) is 22.8. The number of rotatable bonds is 14. The summed E-state index contributed by atoms with van der Waals surface area (Å²) in [4.78, 5) is 4.78. The molecule has 0 atom stereocenters. The largest absolute Gasteiger partial charge is 0.456 e. The fraction of sp³-hybridized carbons (Fsp3) is 0. The molecule has 19 aromatic carbocycles. The molecule has 0 aliphatic carbocycles. The van der Waals surface area contributed by atoms with Gasteiger partial charge in [0.05, 0.1) is 11.4 Å². The predicted molar refractivity (Wildman–Crippen MR) is 474 cm³/mol. The number of hydrogen-bond donors (Lipinski definition) is 0. The molecular formula is C108H68N2O3. The van der Waals surface area contributed by atoms with E-state index in [0.29, 0.717) is 0 Å². The van der Waals surface area contributed by atoms with Crippen LogP contribution in [0.3, 0.4) is 0 Å². The summed E-state index contributed by atoms with van der Waals surface area (Å²) in [6.07, 6.45) is 0. The molecule has 0 aliphatic heterocycles. The summed E-state index contributed by atoms with van der Waals surface area (Å²) in [5, 5.41) is 13.7. The number of hydrogen-bond acceptors (Lipinski definition) is 5. The zero-order chi connectivity index (χ0) is 74.5. The van der Waals surface area contributed by atoms with E-state index in [1.165, 1.54) is 54.6 Å². The van der Waals surface area contributed by atoms with Crippen LogP contribution in [0.25, 0.3) is 187 Å². The average Bonchev–Trinajstić information content (AvgIpc) is 1.63. The second-order valence-electron chi connectivity index (χ2n) is 29.5. The van der Waals surface area contributed by atoms with E-state index >= 15 is 0 Å². The Hall–Kier alpha value is -15.0. The number of para-hydroxylation sites is 4. The second-order valence-corrected chi connectivity index (χ2v) is 29.5. The van der Waals surface area contributed by atoms with Crippen molar-refractivity contribution in [3.8, 4) is 89.0 Å². The molecule has 0 N–H and O–H groups in total. The highest BCUT2D eigenvalue weighted by Gasteiger charge is 2.24. The van der Waals surface area contributed by atoms with E-state index in [2.05, 4.69) is 410 Å². The quantitative estimate of drug-likeness (QED) is 0.109. The molecular weight excluding hydrogens is 1370 g/mol. The Bertz CT molecular complexity index is 7500. The molecule has 0 spiro atoms. The first-order valence-electron chi connectivity index (χ1n) is 38.6. The summed E-state index contributed by atoms with van der Waals surface area (Å²) in [6, 6.07) is 149. The first kappa shape index (κ1) is 65.1. The molecule has 0 saturated carbocycles. The van der Waals surface area contributed by atoms with Gasteiger partial charge in [-0.3, -0.25) is 0 Å². The molecule has 22 rings (SSSR count). The van der Waals surface area contributed by atoms with Gasteiger partial charge in [-0.1, -0.05) is 285 Å². The SMILES string of the molecule is c1cc(-c2ccc(N(c3ccc(-c4ccc(-c5cccc6ccccc56)cc4)cc3)c3ccccc3-c3ccc4c(c3)oc3c(-c5ccc6oc7ccc(N(c8cccc(-c9ccc%10ccccc%10c9)c8)c8ccccc8-c8ccc9c(c8)oc8ccccc89)cc7c6c5)cccc34)cc2)cc(-c2ccc3ccccc3c2)c1. The van der Waals surface area contributed by atoms with Crippen LogP contribution in [-0.4, -0.2) is 0 Å². The lowest BCUT2D eigenvalue weighted by molar-refractivity contribution is 0.668. The topological polar surface area (TPSA) is 45.9 Å². The van der Waals surface area contributed by atoms with Crippen molar-refractivity contribution in [1.82, 2.24) is 0 Å². The average molecular weight is 1440 g/mol. The van der Waals surface area contributed by atoms with E-state index < -0.39 is 0 Å². The highest BCUT2D eigenvalue weighted by molar-refractivity contribution is 6.14. The van der Waals surface area contributed by atoms with E-state index in [0.717, 1.165) is 167 Å². The van der Waals surface area contributed by atoms with E-state index in [1.807, 2.05) is 12.1 Å². The van der Waals surface area contributed by atoms with Gasteiger partial charge in [-0.2, -0.15) is 0 Å². The predicted octanol–water partition coefficient (Wildman–Crippen LogP) is 31.1. The minimum atomic E-state index is 0.801. The van der Waals surface area contributed by atoms with Crippen LogP contribution in [0.4, 0.5) is 34.1 Å². The summed E-state index contributed by atoms with van der Waals surface area (Å²) < 4.78 is 20.5. The molecule has 0 radical (unpaired) electrons. The van der Waals surface area contributed by atoms with E-state index in [4.69, 9.17) is 13.3 Å².